The molecular weight excluding hydrogens is 282 g/mol. The van der Waals surface area contributed by atoms with E-state index in [0.29, 0.717) is 0 Å². The molecule has 0 fully saturated rings. The lowest BCUT2D eigenvalue weighted by atomic mass is 9.97. The Morgan fingerprint density at radius 3 is 2.62 bits per heavy atom. The number of nitrogens with zero attached hydrogens (tertiary/aromatic N) is 1. The van der Waals surface area contributed by atoms with Crippen molar-refractivity contribution in [3.05, 3.63) is 69.7 Å². The third-order valence-electron chi connectivity index (χ3n) is 3.86. The molecule has 21 heavy (non-hydrogen) atoms. The van der Waals surface area contributed by atoms with Crippen LogP contribution >= 0.6 is 11.6 Å². The van der Waals surface area contributed by atoms with Gasteiger partial charge in [0.15, 0.2) is 0 Å². The van der Waals surface area contributed by atoms with Crippen LogP contribution in [0, 0.1) is 13.8 Å². The predicted octanol–water partition coefficient (Wildman–Crippen LogP) is 4.69. The van der Waals surface area contributed by atoms with Gasteiger partial charge in [-0.15, -0.1) is 0 Å². The van der Waals surface area contributed by atoms with Gasteiger partial charge in [-0.3, -0.25) is 0 Å². The molecule has 0 saturated heterocycles. The molecule has 3 heteroatoms. The first-order valence-corrected chi connectivity index (χ1v) is 7.54. The van der Waals surface area contributed by atoms with Crippen LogP contribution in [0.1, 0.15) is 28.7 Å². The molecule has 0 aliphatic carbocycles. The van der Waals surface area contributed by atoms with Crippen LogP contribution in [0.5, 0.6) is 0 Å². The van der Waals surface area contributed by atoms with Crippen LogP contribution in [0.25, 0.3) is 0 Å². The summed E-state index contributed by atoms with van der Waals surface area (Å²) in [4.78, 5) is 5.59. The highest BCUT2D eigenvalue weighted by Gasteiger charge is 2.22. The summed E-state index contributed by atoms with van der Waals surface area (Å²) >= 11 is 5.91. The fraction of sp³-hybridized carbons (Fsp3) is 0.278. The maximum absolute atomic E-state index is 5.91. The number of hydrogen-bond donors (Lipinski definition) is 0. The summed E-state index contributed by atoms with van der Waals surface area (Å²) in [6.07, 6.45) is 1.86. The van der Waals surface area contributed by atoms with E-state index in [4.69, 9.17) is 16.4 Å². The Bertz CT molecular complexity index is 676. The summed E-state index contributed by atoms with van der Waals surface area (Å²) in [6, 6.07) is 14.3. The molecule has 0 amide bonds. The Morgan fingerprint density at radius 1 is 1.14 bits per heavy atom. The highest BCUT2D eigenvalue weighted by atomic mass is 35.5. The van der Waals surface area contributed by atoms with Crippen LogP contribution in [0.4, 0.5) is 0 Å². The first-order chi connectivity index (χ1) is 10.1. The highest BCUT2D eigenvalue weighted by molar-refractivity contribution is 6.30. The third-order valence-corrected chi connectivity index (χ3v) is 4.11. The molecule has 2 aromatic carbocycles. The normalized spacial score (nSPS) is 17.5. The van der Waals surface area contributed by atoms with Gasteiger partial charge in [-0.25, -0.2) is 0 Å². The topological polar surface area (TPSA) is 21.6 Å². The minimum Gasteiger partial charge on any atom is -0.391 e. The molecule has 0 N–H and O–H groups in total. The monoisotopic (exact) mass is 299 g/mol. The molecule has 3 rings (SSSR count). The van der Waals surface area contributed by atoms with Crippen molar-refractivity contribution in [2.75, 3.05) is 0 Å². The Hall–Kier alpha value is -1.80. The first kappa shape index (κ1) is 14.2. The van der Waals surface area contributed by atoms with Gasteiger partial charge in [-0.05, 0) is 42.7 Å². The van der Waals surface area contributed by atoms with E-state index in [0.717, 1.165) is 29.1 Å². The molecule has 0 bridgehead atoms. The molecule has 0 spiro atoms. The molecule has 108 valence electrons. The second kappa shape index (κ2) is 5.90. The minimum absolute atomic E-state index is 0.122. The number of benzene rings is 2. The Labute approximate surface area is 130 Å². The van der Waals surface area contributed by atoms with Crippen molar-refractivity contribution in [2.24, 2.45) is 5.16 Å². The molecule has 0 saturated carbocycles. The van der Waals surface area contributed by atoms with Crippen LogP contribution in [0.2, 0.25) is 5.02 Å². The number of hydrogen-bond acceptors (Lipinski definition) is 2. The standard InChI is InChI=1S/C18H18ClNO/c1-12-3-4-15(13(2)9-12)10-17-11-18(20-21-17)14-5-7-16(19)8-6-14/h3-9,17H,10-11H2,1-2H3. The molecule has 0 aromatic heterocycles. The van der Waals surface area contributed by atoms with Crippen LogP contribution in [-0.4, -0.2) is 11.8 Å². The maximum Gasteiger partial charge on any atom is 0.137 e. The van der Waals surface area contributed by atoms with E-state index >= 15 is 0 Å². The van der Waals surface area contributed by atoms with Gasteiger partial charge in [0.05, 0.1) is 5.71 Å². The summed E-state index contributed by atoms with van der Waals surface area (Å²) in [5.74, 6) is 0. The fourth-order valence-electron chi connectivity index (χ4n) is 2.67. The largest absolute Gasteiger partial charge is 0.391 e. The molecule has 2 aromatic rings. The van der Waals surface area contributed by atoms with E-state index in [1.165, 1.54) is 16.7 Å². The molecule has 2 nitrogen and oxygen atoms in total. The van der Waals surface area contributed by atoms with E-state index in [-0.39, 0.29) is 6.10 Å². The number of rotatable bonds is 3. The van der Waals surface area contributed by atoms with E-state index in [1.807, 2.05) is 24.3 Å². The highest BCUT2D eigenvalue weighted by Crippen LogP contribution is 2.22. The van der Waals surface area contributed by atoms with Gasteiger partial charge in [0.2, 0.25) is 0 Å². The average Bonchev–Trinajstić information content (AvgIpc) is 2.91. The molecule has 1 heterocycles. The van der Waals surface area contributed by atoms with Gasteiger partial charge in [0, 0.05) is 17.9 Å². The average molecular weight is 300 g/mol. The predicted molar refractivity (Wildman–Crippen MR) is 87.1 cm³/mol. The summed E-state index contributed by atoms with van der Waals surface area (Å²) in [5.41, 5.74) is 6.03. The molecular formula is C18H18ClNO. The van der Waals surface area contributed by atoms with E-state index in [9.17, 15) is 0 Å². The molecule has 1 aliphatic heterocycles. The third kappa shape index (κ3) is 3.27. The lowest BCUT2D eigenvalue weighted by Gasteiger charge is -2.11. The smallest absolute Gasteiger partial charge is 0.137 e. The van der Waals surface area contributed by atoms with Crippen LogP contribution in [0.3, 0.4) is 0 Å². The van der Waals surface area contributed by atoms with Crippen molar-refractivity contribution in [2.45, 2.75) is 32.8 Å². The zero-order chi connectivity index (χ0) is 14.8. The number of aryl methyl sites for hydroxylation is 2. The van der Waals surface area contributed by atoms with E-state index < -0.39 is 0 Å². The molecule has 1 atom stereocenters. The van der Waals surface area contributed by atoms with Gasteiger partial charge in [-0.2, -0.15) is 0 Å². The minimum atomic E-state index is 0.122. The van der Waals surface area contributed by atoms with Gasteiger partial charge in [0.1, 0.15) is 6.10 Å². The maximum atomic E-state index is 5.91. The summed E-state index contributed by atoms with van der Waals surface area (Å²) in [7, 11) is 0. The van der Waals surface area contributed by atoms with Crippen molar-refractivity contribution in [1.29, 1.82) is 0 Å². The van der Waals surface area contributed by atoms with Crippen molar-refractivity contribution < 1.29 is 4.84 Å². The zero-order valence-corrected chi connectivity index (χ0v) is 13.0. The SMILES string of the molecule is Cc1ccc(CC2CC(c3ccc(Cl)cc3)=NO2)c(C)c1. The first-order valence-electron chi connectivity index (χ1n) is 7.16. The Morgan fingerprint density at radius 2 is 1.90 bits per heavy atom. The second-order valence-corrected chi connectivity index (χ2v) is 6.05. The molecule has 1 unspecified atom stereocenters. The lowest BCUT2D eigenvalue weighted by molar-refractivity contribution is 0.0858. The quantitative estimate of drug-likeness (QED) is 0.805. The Balaban J connectivity index is 1.67. The van der Waals surface area contributed by atoms with Crippen LogP contribution in [0.15, 0.2) is 47.6 Å². The number of oxime groups is 1. The zero-order valence-electron chi connectivity index (χ0n) is 12.3. The molecule has 1 aliphatic rings. The van der Waals surface area contributed by atoms with Crippen molar-refractivity contribution >= 4 is 17.3 Å². The fourth-order valence-corrected chi connectivity index (χ4v) is 2.80. The number of halogens is 1. The lowest BCUT2D eigenvalue weighted by Crippen LogP contribution is -2.12. The van der Waals surface area contributed by atoms with Gasteiger partial charge in [0.25, 0.3) is 0 Å². The van der Waals surface area contributed by atoms with Crippen LogP contribution < -0.4 is 0 Å². The summed E-state index contributed by atoms with van der Waals surface area (Å²) in [6.45, 7) is 4.27. The van der Waals surface area contributed by atoms with Gasteiger partial charge >= 0.3 is 0 Å². The van der Waals surface area contributed by atoms with Crippen LogP contribution in [-0.2, 0) is 11.3 Å². The van der Waals surface area contributed by atoms with E-state index in [1.54, 1.807) is 0 Å². The van der Waals surface area contributed by atoms with Crippen molar-refractivity contribution in [3.63, 3.8) is 0 Å². The van der Waals surface area contributed by atoms with Gasteiger partial charge < -0.3 is 4.84 Å². The molecule has 0 radical (unpaired) electrons. The van der Waals surface area contributed by atoms with Crippen molar-refractivity contribution in [1.82, 2.24) is 0 Å². The Kier molecular flexibility index (Phi) is 3.98. The van der Waals surface area contributed by atoms with E-state index in [2.05, 4.69) is 37.2 Å². The summed E-state index contributed by atoms with van der Waals surface area (Å²) in [5, 5.41) is 4.97. The summed E-state index contributed by atoms with van der Waals surface area (Å²) < 4.78 is 0. The van der Waals surface area contributed by atoms with Crippen molar-refractivity contribution in [3.8, 4) is 0 Å². The second-order valence-electron chi connectivity index (χ2n) is 5.61. The van der Waals surface area contributed by atoms with Gasteiger partial charge in [-0.1, -0.05) is 52.7 Å².